The predicted molar refractivity (Wildman–Crippen MR) is 92.4 cm³/mol. The molecule has 1 saturated heterocycles. The zero-order valence-electron chi connectivity index (χ0n) is 14.0. The van der Waals surface area contributed by atoms with Gasteiger partial charge in [0.2, 0.25) is 10.0 Å². The fourth-order valence-electron chi connectivity index (χ4n) is 3.57. The monoisotopic (exact) mass is 365 g/mol. The number of ether oxygens (including phenoxy) is 1. The van der Waals surface area contributed by atoms with Crippen molar-refractivity contribution in [3.05, 3.63) is 17.8 Å². The Morgan fingerprint density at radius 1 is 1.24 bits per heavy atom. The van der Waals surface area contributed by atoms with Crippen LogP contribution in [0.1, 0.15) is 31.4 Å². The van der Waals surface area contributed by atoms with E-state index >= 15 is 0 Å². The van der Waals surface area contributed by atoms with Gasteiger partial charge in [0.1, 0.15) is 16.8 Å². The van der Waals surface area contributed by atoms with E-state index in [0.717, 1.165) is 52.0 Å². The van der Waals surface area contributed by atoms with E-state index in [-0.39, 0.29) is 16.6 Å². The number of nitrogens with one attached hydrogen (secondary N) is 1. The highest BCUT2D eigenvalue weighted by Crippen LogP contribution is 2.26. The van der Waals surface area contributed by atoms with Crippen molar-refractivity contribution in [2.45, 2.75) is 42.7 Å². The van der Waals surface area contributed by atoms with Gasteiger partial charge in [0.05, 0.1) is 13.2 Å². The summed E-state index contributed by atoms with van der Waals surface area (Å²) in [4.78, 5) is 6.37. The first kappa shape index (κ1) is 18.1. The van der Waals surface area contributed by atoms with Gasteiger partial charge in [0.25, 0.3) is 0 Å². The van der Waals surface area contributed by atoms with Crippen LogP contribution in [0, 0.1) is 11.3 Å². The Morgan fingerprint density at radius 2 is 1.92 bits per heavy atom. The molecule has 1 saturated carbocycles. The third kappa shape index (κ3) is 4.46. The number of hydrogen-bond acceptors (Lipinski definition) is 7. The summed E-state index contributed by atoms with van der Waals surface area (Å²) in [6.45, 7) is 3.64. The summed E-state index contributed by atoms with van der Waals surface area (Å²) < 4.78 is 28.3. The summed E-state index contributed by atoms with van der Waals surface area (Å²) in [6, 6.07) is 5.58. The fourth-order valence-corrected chi connectivity index (χ4v) is 4.19. The van der Waals surface area contributed by atoms with Gasteiger partial charge in [-0.1, -0.05) is 0 Å². The molecular formula is C16H23N5O3S. The average Bonchev–Trinajstić information content (AvgIpc) is 2.62. The average molecular weight is 365 g/mol. The molecule has 0 amide bonds. The molecule has 1 aliphatic carbocycles. The van der Waals surface area contributed by atoms with E-state index in [1.165, 1.54) is 6.07 Å². The van der Waals surface area contributed by atoms with Crippen LogP contribution in [0.5, 0.6) is 0 Å². The van der Waals surface area contributed by atoms with Gasteiger partial charge >= 0.3 is 0 Å². The van der Waals surface area contributed by atoms with Crippen molar-refractivity contribution >= 4 is 15.8 Å². The molecule has 8 nitrogen and oxygen atoms in total. The highest BCUT2D eigenvalue weighted by atomic mass is 32.2. The zero-order chi connectivity index (χ0) is 17.9. The molecule has 0 radical (unpaired) electrons. The number of sulfonamides is 1. The third-order valence-electron chi connectivity index (χ3n) is 4.88. The lowest BCUT2D eigenvalue weighted by Gasteiger charge is -2.39. The van der Waals surface area contributed by atoms with Gasteiger partial charge < -0.3 is 10.1 Å². The van der Waals surface area contributed by atoms with Crippen molar-refractivity contribution in [1.29, 1.82) is 5.26 Å². The van der Waals surface area contributed by atoms with Gasteiger partial charge in [-0.15, -0.1) is 0 Å². The summed E-state index contributed by atoms with van der Waals surface area (Å²) in [7, 11) is -3.94. The van der Waals surface area contributed by atoms with E-state index < -0.39 is 10.0 Å². The largest absolute Gasteiger partial charge is 0.379 e. The predicted octanol–water partition coefficient (Wildman–Crippen LogP) is 0.656. The van der Waals surface area contributed by atoms with E-state index in [1.54, 1.807) is 12.1 Å². The SMILES string of the molecule is N#Cc1nc(NC2CCC(N3CCOCC3)CC2)ccc1S(N)(=O)=O. The van der Waals surface area contributed by atoms with Crippen LogP contribution in [0.4, 0.5) is 5.82 Å². The molecule has 136 valence electrons. The zero-order valence-corrected chi connectivity index (χ0v) is 14.8. The molecule has 25 heavy (non-hydrogen) atoms. The second-order valence-corrected chi connectivity index (χ2v) is 8.03. The molecule has 9 heteroatoms. The lowest BCUT2D eigenvalue weighted by atomic mass is 9.90. The first-order valence-electron chi connectivity index (χ1n) is 8.49. The summed E-state index contributed by atoms with van der Waals surface area (Å²) in [5, 5.41) is 17.5. The van der Waals surface area contributed by atoms with Crippen molar-refractivity contribution in [2.24, 2.45) is 5.14 Å². The quantitative estimate of drug-likeness (QED) is 0.803. The van der Waals surface area contributed by atoms with E-state index in [0.29, 0.717) is 11.9 Å². The third-order valence-corrected chi connectivity index (χ3v) is 5.82. The van der Waals surface area contributed by atoms with E-state index in [9.17, 15) is 8.42 Å². The first-order chi connectivity index (χ1) is 12.0. The topological polar surface area (TPSA) is 121 Å². The Kier molecular flexibility index (Phi) is 5.54. The maximum Gasteiger partial charge on any atom is 0.240 e. The van der Waals surface area contributed by atoms with Crippen LogP contribution in [-0.4, -0.2) is 56.7 Å². The number of primary sulfonamides is 1. The van der Waals surface area contributed by atoms with E-state index in [4.69, 9.17) is 15.1 Å². The van der Waals surface area contributed by atoms with Gasteiger partial charge in [-0.25, -0.2) is 18.5 Å². The van der Waals surface area contributed by atoms with Gasteiger partial charge in [0.15, 0.2) is 5.69 Å². The molecule has 1 aromatic heterocycles. The second-order valence-electron chi connectivity index (χ2n) is 6.50. The Balaban J connectivity index is 1.59. The van der Waals surface area contributed by atoms with Crippen molar-refractivity contribution in [1.82, 2.24) is 9.88 Å². The minimum atomic E-state index is -3.94. The molecule has 1 aliphatic heterocycles. The van der Waals surface area contributed by atoms with Crippen LogP contribution >= 0.6 is 0 Å². The number of nitrogens with two attached hydrogens (primary N) is 1. The number of hydrogen-bond donors (Lipinski definition) is 2. The summed E-state index contributed by atoms with van der Waals surface area (Å²) >= 11 is 0. The van der Waals surface area contributed by atoms with Gasteiger partial charge in [-0.3, -0.25) is 4.90 Å². The van der Waals surface area contributed by atoms with Crippen molar-refractivity contribution in [3.8, 4) is 6.07 Å². The van der Waals surface area contributed by atoms with Gasteiger partial charge in [0, 0.05) is 25.2 Å². The number of pyridine rings is 1. The van der Waals surface area contributed by atoms with Crippen LogP contribution in [0.3, 0.4) is 0 Å². The number of nitrogens with zero attached hydrogens (tertiary/aromatic N) is 3. The van der Waals surface area contributed by atoms with E-state index in [1.807, 2.05) is 0 Å². The first-order valence-corrected chi connectivity index (χ1v) is 10.0. The van der Waals surface area contributed by atoms with Crippen LogP contribution in [0.2, 0.25) is 0 Å². The number of rotatable bonds is 4. The Labute approximate surface area is 148 Å². The maximum atomic E-state index is 11.5. The lowest BCUT2D eigenvalue weighted by molar-refractivity contribution is 0.00790. The number of aromatic nitrogens is 1. The van der Waals surface area contributed by atoms with Crippen LogP contribution in [-0.2, 0) is 14.8 Å². The molecule has 1 aromatic rings. The molecule has 0 unspecified atom stereocenters. The summed E-state index contributed by atoms with van der Waals surface area (Å²) in [5.41, 5.74) is -0.172. The molecule has 3 N–H and O–H groups in total. The minimum Gasteiger partial charge on any atom is -0.379 e. The summed E-state index contributed by atoms with van der Waals surface area (Å²) in [5.74, 6) is 0.513. The Hall–Kier alpha value is -1.73. The Morgan fingerprint density at radius 3 is 2.52 bits per heavy atom. The highest BCUT2D eigenvalue weighted by Gasteiger charge is 2.27. The molecular weight excluding hydrogens is 342 g/mol. The molecule has 0 spiro atoms. The number of anilines is 1. The van der Waals surface area contributed by atoms with Crippen LogP contribution in [0.25, 0.3) is 0 Å². The Bertz CT molecular complexity index is 748. The highest BCUT2D eigenvalue weighted by molar-refractivity contribution is 7.89. The minimum absolute atomic E-state index is 0.172. The van der Waals surface area contributed by atoms with Crippen molar-refractivity contribution in [2.75, 3.05) is 31.6 Å². The van der Waals surface area contributed by atoms with Crippen LogP contribution in [0.15, 0.2) is 17.0 Å². The molecule has 0 aromatic carbocycles. The molecule has 3 rings (SSSR count). The van der Waals surface area contributed by atoms with Gasteiger partial charge in [-0.05, 0) is 37.8 Å². The molecule has 2 fully saturated rings. The molecule has 0 bridgehead atoms. The van der Waals surface area contributed by atoms with Crippen LogP contribution < -0.4 is 10.5 Å². The molecule has 2 heterocycles. The smallest absolute Gasteiger partial charge is 0.240 e. The fraction of sp³-hybridized carbons (Fsp3) is 0.625. The molecule has 2 aliphatic rings. The normalized spacial score (nSPS) is 25.3. The van der Waals surface area contributed by atoms with Gasteiger partial charge in [-0.2, -0.15) is 5.26 Å². The van der Waals surface area contributed by atoms with E-state index in [2.05, 4.69) is 15.2 Å². The second kappa shape index (κ2) is 7.66. The number of morpholine rings is 1. The lowest BCUT2D eigenvalue weighted by Crippen LogP contribution is -2.46. The maximum absolute atomic E-state index is 11.5. The van der Waals surface area contributed by atoms with Crippen molar-refractivity contribution in [3.63, 3.8) is 0 Å². The number of nitriles is 1. The summed E-state index contributed by atoms with van der Waals surface area (Å²) in [6.07, 6.45) is 4.25. The standard InChI is InChI=1S/C16H23N5O3S/c17-11-14-15(25(18,22)23)5-6-16(20-14)19-12-1-3-13(4-2-12)21-7-9-24-10-8-21/h5-6,12-13H,1-4,7-10H2,(H,19,20)(H2,18,22,23). The van der Waals surface area contributed by atoms with Crippen molar-refractivity contribution < 1.29 is 13.2 Å². The molecule has 0 atom stereocenters.